The van der Waals surface area contributed by atoms with E-state index in [-0.39, 0.29) is 22.7 Å². The van der Waals surface area contributed by atoms with E-state index in [0.717, 1.165) is 16.5 Å². The van der Waals surface area contributed by atoms with Gasteiger partial charge in [0, 0.05) is 24.8 Å². The quantitative estimate of drug-likeness (QED) is 0.294. The van der Waals surface area contributed by atoms with Crippen LogP contribution in [0.1, 0.15) is 26.3 Å². The maximum absolute atomic E-state index is 13.1. The number of rotatable bonds is 7. The average Bonchev–Trinajstić information content (AvgIpc) is 2.91. The monoisotopic (exact) mass is 425 g/mol. The van der Waals surface area contributed by atoms with Gasteiger partial charge in [-0.05, 0) is 11.6 Å². The smallest absolute Gasteiger partial charge is 0.270 e. The lowest BCUT2D eigenvalue weighted by Crippen LogP contribution is -2.48. The summed E-state index contributed by atoms with van der Waals surface area (Å²) in [6.45, 7) is 6.41. The summed E-state index contributed by atoms with van der Waals surface area (Å²) in [4.78, 5) is 51.4. The van der Waals surface area contributed by atoms with Crippen LogP contribution in [0.5, 0.6) is 0 Å². The number of non-ortho nitro benzene ring substituents is 1. The summed E-state index contributed by atoms with van der Waals surface area (Å²) in [6.07, 6.45) is 0.579. The van der Waals surface area contributed by atoms with Gasteiger partial charge in [0.05, 0.1) is 24.1 Å². The van der Waals surface area contributed by atoms with Crippen LogP contribution in [0.4, 0.5) is 5.69 Å². The molecule has 0 unspecified atom stereocenters. The number of amides is 3. The van der Waals surface area contributed by atoms with E-state index in [0.29, 0.717) is 12.7 Å². The third-order valence-electron chi connectivity index (χ3n) is 4.69. The molecule has 0 radical (unpaired) electrons. The first-order valence-corrected chi connectivity index (χ1v) is 13.2. The number of hydrogen-bond acceptors (Lipinski definition) is 5. The van der Waals surface area contributed by atoms with Crippen molar-refractivity contribution in [2.75, 3.05) is 12.7 Å². The van der Waals surface area contributed by atoms with Crippen LogP contribution in [0.2, 0.25) is 19.6 Å². The summed E-state index contributed by atoms with van der Waals surface area (Å²) in [5.41, 5.74) is 0.731. The van der Waals surface area contributed by atoms with Crippen LogP contribution in [0.3, 0.4) is 0 Å². The molecule has 156 valence electrons. The van der Waals surface area contributed by atoms with E-state index in [4.69, 9.17) is 0 Å². The van der Waals surface area contributed by atoms with E-state index in [1.54, 1.807) is 4.90 Å². The molecule has 0 saturated heterocycles. The SMILES string of the molecule is C[Si](C)(C)CN(Cc1ccccc1)C(=O)CN1C(=O)c2ccc([N+](=O)[O-])cc2C1=O. The Balaban J connectivity index is 1.82. The summed E-state index contributed by atoms with van der Waals surface area (Å²) in [6, 6.07) is 13.1. The number of hydrogen-bond donors (Lipinski definition) is 0. The number of fused-ring (bicyclic) bond motifs is 1. The number of nitro groups is 1. The molecular weight excluding hydrogens is 402 g/mol. The van der Waals surface area contributed by atoms with Gasteiger partial charge in [0.25, 0.3) is 17.5 Å². The van der Waals surface area contributed by atoms with E-state index in [1.165, 1.54) is 12.1 Å². The molecule has 0 saturated carbocycles. The van der Waals surface area contributed by atoms with Gasteiger partial charge in [-0.1, -0.05) is 50.0 Å². The minimum Gasteiger partial charge on any atom is -0.340 e. The summed E-state index contributed by atoms with van der Waals surface area (Å²) in [5, 5.41) is 11.0. The Morgan fingerprint density at radius 3 is 2.27 bits per heavy atom. The number of imide groups is 1. The second-order valence-electron chi connectivity index (χ2n) is 8.48. The van der Waals surface area contributed by atoms with Gasteiger partial charge in [-0.3, -0.25) is 29.4 Å². The fraction of sp³-hybridized carbons (Fsp3) is 0.286. The highest BCUT2D eigenvalue weighted by atomic mass is 28.3. The summed E-state index contributed by atoms with van der Waals surface area (Å²) >= 11 is 0. The standard InChI is InChI=1S/C21H23N3O5Si/c1-30(2,3)14-22(12-15-7-5-4-6-8-15)19(25)13-23-20(26)17-10-9-16(24(28)29)11-18(17)21(23)27/h4-11H,12-14H2,1-3H3. The van der Waals surface area contributed by atoms with Crippen molar-refractivity contribution in [3.05, 3.63) is 75.3 Å². The molecule has 30 heavy (non-hydrogen) atoms. The van der Waals surface area contributed by atoms with Crippen molar-refractivity contribution in [2.24, 2.45) is 0 Å². The molecule has 1 aliphatic rings. The minimum absolute atomic E-state index is 0.0400. The predicted octanol–water partition coefficient (Wildman–Crippen LogP) is 3.10. The maximum Gasteiger partial charge on any atom is 0.270 e. The highest BCUT2D eigenvalue weighted by Crippen LogP contribution is 2.27. The molecule has 3 amide bonds. The molecule has 3 rings (SSSR count). The van der Waals surface area contributed by atoms with Crippen LogP contribution in [0, 0.1) is 10.1 Å². The van der Waals surface area contributed by atoms with Gasteiger partial charge in [0.1, 0.15) is 6.54 Å². The Morgan fingerprint density at radius 1 is 1.03 bits per heavy atom. The molecular formula is C21H23N3O5Si. The third-order valence-corrected chi connectivity index (χ3v) is 6.02. The number of nitro benzene ring substituents is 1. The summed E-state index contributed by atoms with van der Waals surface area (Å²) < 4.78 is 0. The van der Waals surface area contributed by atoms with Gasteiger partial charge in [0.2, 0.25) is 5.91 Å². The van der Waals surface area contributed by atoms with Gasteiger partial charge in [0.15, 0.2) is 0 Å². The fourth-order valence-electron chi connectivity index (χ4n) is 3.38. The zero-order chi connectivity index (χ0) is 22.1. The zero-order valence-electron chi connectivity index (χ0n) is 17.1. The molecule has 0 N–H and O–H groups in total. The van der Waals surface area contributed by atoms with Crippen LogP contribution < -0.4 is 0 Å². The molecule has 0 aromatic heterocycles. The van der Waals surface area contributed by atoms with Gasteiger partial charge < -0.3 is 4.90 Å². The van der Waals surface area contributed by atoms with Crippen molar-refractivity contribution in [1.82, 2.24) is 9.80 Å². The Kier molecular flexibility index (Phi) is 5.84. The second-order valence-corrected chi connectivity index (χ2v) is 13.9. The lowest BCUT2D eigenvalue weighted by molar-refractivity contribution is -0.384. The van der Waals surface area contributed by atoms with Crippen LogP contribution >= 0.6 is 0 Å². The normalized spacial score (nSPS) is 13.4. The van der Waals surface area contributed by atoms with Crippen molar-refractivity contribution in [3.8, 4) is 0 Å². The van der Waals surface area contributed by atoms with Gasteiger partial charge in [-0.2, -0.15) is 0 Å². The number of carbonyl (C=O) groups excluding carboxylic acids is 3. The van der Waals surface area contributed by atoms with E-state index in [1.807, 2.05) is 30.3 Å². The molecule has 1 heterocycles. The number of nitrogens with zero attached hydrogens (tertiary/aromatic N) is 3. The third kappa shape index (κ3) is 4.62. The Morgan fingerprint density at radius 2 is 1.67 bits per heavy atom. The fourth-order valence-corrected chi connectivity index (χ4v) is 4.81. The molecule has 0 spiro atoms. The first-order valence-electron chi connectivity index (χ1n) is 9.53. The van der Waals surface area contributed by atoms with Crippen molar-refractivity contribution in [2.45, 2.75) is 26.2 Å². The Labute approximate surface area is 175 Å². The molecule has 0 fully saturated rings. The molecule has 8 nitrogen and oxygen atoms in total. The van der Waals surface area contributed by atoms with Crippen molar-refractivity contribution < 1.29 is 19.3 Å². The first-order chi connectivity index (χ1) is 14.1. The molecule has 0 bridgehead atoms. The first kappa shape index (κ1) is 21.4. The van der Waals surface area contributed by atoms with Crippen molar-refractivity contribution in [1.29, 1.82) is 0 Å². The summed E-state index contributed by atoms with van der Waals surface area (Å²) in [5.74, 6) is -1.61. The number of carbonyl (C=O) groups is 3. The Hall–Kier alpha value is -3.33. The van der Waals surface area contributed by atoms with E-state index in [9.17, 15) is 24.5 Å². The molecule has 0 atom stereocenters. The van der Waals surface area contributed by atoms with Crippen LogP contribution in [-0.4, -0.2) is 53.2 Å². The van der Waals surface area contributed by atoms with Gasteiger partial charge in [-0.15, -0.1) is 0 Å². The van der Waals surface area contributed by atoms with Gasteiger partial charge >= 0.3 is 0 Å². The van der Waals surface area contributed by atoms with Crippen LogP contribution in [0.25, 0.3) is 0 Å². The molecule has 2 aromatic rings. The predicted molar refractivity (Wildman–Crippen MR) is 114 cm³/mol. The lowest BCUT2D eigenvalue weighted by atomic mass is 10.1. The largest absolute Gasteiger partial charge is 0.340 e. The Bertz CT molecular complexity index is 1020. The second kappa shape index (κ2) is 8.19. The zero-order valence-corrected chi connectivity index (χ0v) is 18.1. The van der Waals surface area contributed by atoms with Crippen LogP contribution in [-0.2, 0) is 11.3 Å². The topological polar surface area (TPSA) is 101 Å². The summed E-state index contributed by atoms with van der Waals surface area (Å²) in [7, 11) is -1.67. The van der Waals surface area contributed by atoms with E-state index >= 15 is 0 Å². The van der Waals surface area contributed by atoms with E-state index in [2.05, 4.69) is 19.6 Å². The maximum atomic E-state index is 13.1. The highest BCUT2D eigenvalue weighted by Gasteiger charge is 2.38. The van der Waals surface area contributed by atoms with E-state index < -0.39 is 31.4 Å². The van der Waals surface area contributed by atoms with Crippen molar-refractivity contribution >= 4 is 31.5 Å². The number of benzene rings is 2. The van der Waals surface area contributed by atoms with Crippen molar-refractivity contribution in [3.63, 3.8) is 0 Å². The average molecular weight is 426 g/mol. The molecule has 1 aliphatic heterocycles. The molecule has 9 heteroatoms. The lowest BCUT2D eigenvalue weighted by Gasteiger charge is -2.30. The highest BCUT2D eigenvalue weighted by molar-refractivity contribution is 6.76. The molecule has 0 aliphatic carbocycles. The minimum atomic E-state index is -1.67. The van der Waals surface area contributed by atoms with Crippen LogP contribution in [0.15, 0.2) is 48.5 Å². The molecule has 2 aromatic carbocycles. The van der Waals surface area contributed by atoms with Gasteiger partial charge in [-0.25, -0.2) is 0 Å².